The summed E-state index contributed by atoms with van der Waals surface area (Å²) in [5, 5.41) is 3.17. The molecule has 0 atom stereocenters. The molecule has 2 amide bonds. The molecule has 2 N–H and O–H groups in total. The molecule has 0 unspecified atom stereocenters. The van der Waals surface area contributed by atoms with Crippen LogP contribution >= 0.6 is 11.3 Å². The molecule has 0 bridgehead atoms. The number of urea groups is 1. The van der Waals surface area contributed by atoms with Crippen LogP contribution in [0.15, 0.2) is 46.7 Å². The second kappa shape index (κ2) is 8.55. The van der Waals surface area contributed by atoms with Crippen molar-refractivity contribution < 1.29 is 13.2 Å². The molecule has 3 aromatic rings. The summed E-state index contributed by atoms with van der Waals surface area (Å²) in [7, 11) is -0.723. The van der Waals surface area contributed by atoms with Gasteiger partial charge in [0.1, 0.15) is 0 Å². The van der Waals surface area contributed by atoms with Gasteiger partial charge in [0, 0.05) is 12.7 Å². The van der Waals surface area contributed by atoms with Gasteiger partial charge in [0.15, 0.2) is 9.34 Å². The molecule has 1 aromatic heterocycles. The lowest BCUT2D eigenvalue weighted by molar-refractivity contribution is 0.258. The molecule has 158 valence electrons. The number of anilines is 2. The fraction of sp³-hybridized carbons (Fsp3) is 0.238. The zero-order valence-electron chi connectivity index (χ0n) is 17.5. The van der Waals surface area contributed by atoms with Crippen molar-refractivity contribution in [1.29, 1.82) is 0 Å². The van der Waals surface area contributed by atoms with E-state index in [1.165, 1.54) is 17.5 Å². The molecular weight excluding hydrogens is 420 g/mol. The minimum absolute atomic E-state index is 0.0958. The molecule has 0 radical (unpaired) electrons. The minimum Gasteiger partial charge on any atom is -0.307 e. The average Bonchev–Trinajstić information content (AvgIpc) is 3.11. The maximum atomic E-state index is 12.7. The van der Waals surface area contributed by atoms with E-state index in [1.54, 1.807) is 14.0 Å². The molecule has 7 nitrogen and oxygen atoms in total. The van der Waals surface area contributed by atoms with Gasteiger partial charge in [0.25, 0.3) is 10.0 Å². The highest BCUT2D eigenvalue weighted by molar-refractivity contribution is 7.91. The normalized spacial score (nSPS) is 11.4. The maximum Gasteiger partial charge on any atom is 0.327 e. The van der Waals surface area contributed by atoms with Gasteiger partial charge in [-0.05, 0) is 62.2 Å². The number of thiazole rings is 1. The number of sulfonamides is 1. The van der Waals surface area contributed by atoms with E-state index in [4.69, 9.17) is 0 Å². The number of amides is 2. The first-order valence-electron chi connectivity index (χ1n) is 9.26. The van der Waals surface area contributed by atoms with E-state index in [0.717, 1.165) is 28.0 Å². The van der Waals surface area contributed by atoms with Gasteiger partial charge in [0.2, 0.25) is 0 Å². The number of nitrogens with zero attached hydrogens (tertiary/aromatic N) is 2. The molecule has 0 aliphatic heterocycles. The Labute approximate surface area is 180 Å². The Bertz CT molecular complexity index is 1200. The van der Waals surface area contributed by atoms with Crippen LogP contribution in [0.3, 0.4) is 0 Å². The average molecular weight is 445 g/mol. The largest absolute Gasteiger partial charge is 0.327 e. The highest BCUT2D eigenvalue weighted by Gasteiger charge is 2.24. The molecule has 9 heteroatoms. The van der Waals surface area contributed by atoms with Crippen LogP contribution in [-0.4, -0.2) is 33.5 Å². The number of carbonyl (C=O) groups excluding carboxylic acids is 1. The molecule has 0 spiro atoms. The van der Waals surface area contributed by atoms with E-state index < -0.39 is 16.1 Å². The second-order valence-corrected chi connectivity index (χ2v) is 9.97. The molecule has 0 saturated heterocycles. The molecule has 0 fully saturated rings. The van der Waals surface area contributed by atoms with Crippen molar-refractivity contribution in [2.75, 3.05) is 24.3 Å². The van der Waals surface area contributed by atoms with Crippen LogP contribution in [0, 0.1) is 20.8 Å². The number of rotatable bonds is 5. The van der Waals surface area contributed by atoms with Gasteiger partial charge in [-0.3, -0.25) is 4.90 Å². The highest BCUT2D eigenvalue weighted by atomic mass is 32.2. The Kier molecular flexibility index (Phi) is 6.25. The van der Waals surface area contributed by atoms with Gasteiger partial charge in [-0.1, -0.05) is 41.7 Å². The fourth-order valence-corrected chi connectivity index (χ4v) is 5.30. The predicted octanol–water partition coefficient (Wildman–Crippen LogP) is 4.31. The number of carbonyl (C=O) groups is 1. The van der Waals surface area contributed by atoms with E-state index in [9.17, 15) is 13.2 Å². The van der Waals surface area contributed by atoms with E-state index >= 15 is 0 Å². The first kappa shape index (κ1) is 21.9. The predicted molar refractivity (Wildman–Crippen MR) is 122 cm³/mol. The monoisotopic (exact) mass is 444 g/mol. The first-order chi connectivity index (χ1) is 14.1. The third-order valence-corrected chi connectivity index (χ3v) is 8.03. The molecule has 2 aromatic carbocycles. The van der Waals surface area contributed by atoms with E-state index in [1.807, 2.05) is 37.3 Å². The van der Waals surface area contributed by atoms with Gasteiger partial charge in [-0.25, -0.2) is 22.9 Å². The Morgan fingerprint density at radius 2 is 1.77 bits per heavy atom. The van der Waals surface area contributed by atoms with Crippen LogP contribution < -0.4 is 14.9 Å². The fourth-order valence-electron chi connectivity index (χ4n) is 3.01. The van der Waals surface area contributed by atoms with Crippen molar-refractivity contribution >= 4 is 38.2 Å². The summed E-state index contributed by atoms with van der Waals surface area (Å²) in [6.07, 6.45) is 0. The van der Waals surface area contributed by atoms with Gasteiger partial charge in [-0.2, -0.15) is 0 Å². The first-order valence-corrected chi connectivity index (χ1v) is 11.6. The topological polar surface area (TPSA) is 91.4 Å². The Balaban J connectivity index is 1.81. The smallest absolute Gasteiger partial charge is 0.307 e. The standard InChI is InChI=1S/C21H24N4O3S2/c1-13-8-6-7-9-17(13)16-10-11-18(14(2)12-16)24-20(26)25(5)21-23-15(3)19(29-21)30(27,28)22-4/h6-12,22H,1-5H3,(H,24,26). The summed E-state index contributed by atoms with van der Waals surface area (Å²) in [4.78, 5) is 18.3. The number of aromatic nitrogens is 1. The lowest BCUT2D eigenvalue weighted by Gasteiger charge is -2.17. The Morgan fingerprint density at radius 3 is 2.40 bits per heavy atom. The number of hydrogen-bond acceptors (Lipinski definition) is 5. The van der Waals surface area contributed by atoms with Crippen LogP contribution in [0.4, 0.5) is 15.6 Å². The number of nitrogens with one attached hydrogen (secondary N) is 2. The van der Waals surface area contributed by atoms with Crippen molar-refractivity contribution in [1.82, 2.24) is 9.71 Å². The van der Waals surface area contributed by atoms with Crippen LogP contribution in [0.5, 0.6) is 0 Å². The van der Waals surface area contributed by atoms with Gasteiger partial charge in [-0.15, -0.1) is 0 Å². The third-order valence-electron chi connectivity index (χ3n) is 4.77. The van der Waals surface area contributed by atoms with Crippen molar-refractivity contribution in [3.05, 3.63) is 59.3 Å². The highest BCUT2D eigenvalue weighted by Crippen LogP contribution is 2.30. The summed E-state index contributed by atoms with van der Waals surface area (Å²) in [6.45, 7) is 5.60. The Morgan fingerprint density at radius 1 is 1.07 bits per heavy atom. The summed E-state index contributed by atoms with van der Waals surface area (Å²) in [6, 6.07) is 13.6. The van der Waals surface area contributed by atoms with Crippen LogP contribution in [0.1, 0.15) is 16.8 Å². The lowest BCUT2D eigenvalue weighted by Crippen LogP contribution is -2.31. The molecular formula is C21H24N4O3S2. The van der Waals surface area contributed by atoms with Crippen LogP contribution in [-0.2, 0) is 10.0 Å². The zero-order valence-corrected chi connectivity index (χ0v) is 19.1. The molecule has 30 heavy (non-hydrogen) atoms. The quantitative estimate of drug-likeness (QED) is 0.613. The van der Waals surface area contributed by atoms with Gasteiger partial charge < -0.3 is 5.32 Å². The van der Waals surface area contributed by atoms with Crippen molar-refractivity contribution in [3.63, 3.8) is 0 Å². The number of benzene rings is 2. The maximum absolute atomic E-state index is 12.7. The minimum atomic E-state index is -3.62. The van der Waals surface area contributed by atoms with Crippen molar-refractivity contribution in [3.8, 4) is 11.1 Å². The lowest BCUT2D eigenvalue weighted by atomic mass is 9.98. The van der Waals surface area contributed by atoms with E-state index in [2.05, 4.69) is 34.1 Å². The Hall–Kier alpha value is -2.75. The summed E-state index contributed by atoms with van der Waals surface area (Å²) in [5.74, 6) is 0. The SMILES string of the molecule is CNS(=O)(=O)c1sc(N(C)C(=O)Nc2ccc(-c3ccccc3C)cc2C)nc1C. The zero-order chi connectivity index (χ0) is 22.1. The molecule has 0 saturated carbocycles. The van der Waals surface area contributed by atoms with Gasteiger partial charge >= 0.3 is 6.03 Å². The van der Waals surface area contributed by atoms with Crippen LogP contribution in [0.25, 0.3) is 11.1 Å². The number of hydrogen-bond donors (Lipinski definition) is 2. The van der Waals surface area contributed by atoms with Gasteiger partial charge in [0.05, 0.1) is 5.69 Å². The summed E-state index contributed by atoms with van der Waals surface area (Å²) in [5.41, 5.74) is 5.36. The van der Waals surface area contributed by atoms with E-state index in [-0.39, 0.29) is 4.21 Å². The molecule has 0 aliphatic carbocycles. The number of aryl methyl sites for hydroxylation is 3. The van der Waals surface area contributed by atoms with E-state index in [0.29, 0.717) is 16.5 Å². The van der Waals surface area contributed by atoms with Crippen LogP contribution in [0.2, 0.25) is 0 Å². The second-order valence-electron chi connectivity index (χ2n) is 6.91. The molecule has 3 rings (SSSR count). The van der Waals surface area contributed by atoms with Crippen molar-refractivity contribution in [2.24, 2.45) is 0 Å². The van der Waals surface area contributed by atoms with Crippen molar-refractivity contribution in [2.45, 2.75) is 25.0 Å². The third kappa shape index (κ3) is 4.38. The molecule has 0 aliphatic rings. The summed E-state index contributed by atoms with van der Waals surface area (Å²) < 4.78 is 26.5. The summed E-state index contributed by atoms with van der Waals surface area (Å²) >= 11 is 0.947. The molecule has 1 heterocycles.